The van der Waals surface area contributed by atoms with Gasteiger partial charge in [-0.2, -0.15) is 0 Å². The first-order chi connectivity index (χ1) is 29.5. The number of fused-ring (bicyclic) bond motifs is 12. The van der Waals surface area contributed by atoms with E-state index in [4.69, 9.17) is 4.74 Å². The molecule has 3 aliphatic rings. The third-order valence-electron chi connectivity index (χ3n) is 13.4. The topological polar surface area (TPSA) is 12.5 Å². The van der Waals surface area contributed by atoms with Crippen molar-refractivity contribution in [1.29, 1.82) is 0 Å². The monoisotopic (exact) mass is 767 g/mol. The quantitative estimate of drug-likeness (QED) is 0.173. The van der Waals surface area contributed by atoms with Gasteiger partial charge in [0.1, 0.15) is 11.5 Å². The Morgan fingerprint density at radius 3 is 1.50 bits per heavy atom. The van der Waals surface area contributed by atoms with E-state index in [0.717, 1.165) is 28.6 Å². The van der Waals surface area contributed by atoms with Crippen LogP contribution in [0.25, 0.3) is 44.5 Å². The largest absolute Gasteiger partial charge is 0.457 e. The average Bonchev–Trinajstić information content (AvgIpc) is 3.72. The number of ether oxygens (including phenoxy) is 1. The Morgan fingerprint density at radius 2 is 0.800 bits per heavy atom. The van der Waals surface area contributed by atoms with Crippen LogP contribution >= 0.6 is 0 Å². The normalized spacial score (nSPS) is 14.2. The second-order valence-electron chi connectivity index (χ2n) is 16.8. The molecule has 2 heteroatoms. The van der Waals surface area contributed by atoms with E-state index in [1.54, 1.807) is 0 Å². The highest BCUT2D eigenvalue weighted by Crippen LogP contribution is 2.62. The van der Waals surface area contributed by atoms with E-state index in [9.17, 15) is 0 Å². The molecule has 2 aliphatic carbocycles. The second-order valence-corrected chi connectivity index (χ2v) is 16.8. The lowest BCUT2D eigenvalue weighted by Crippen LogP contribution is -2.32. The van der Waals surface area contributed by atoms with Gasteiger partial charge in [-0.25, -0.2) is 0 Å². The minimum atomic E-state index is -0.503. The maximum absolute atomic E-state index is 6.59. The Kier molecular flexibility index (Phi) is 7.52. The summed E-state index contributed by atoms with van der Waals surface area (Å²) in [5.41, 5.74) is 20.4. The summed E-state index contributed by atoms with van der Waals surface area (Å²) >= 11 is 0. The zero-order valence-electron chi connectivity index (χ0n) is 33.6. The summed E-state index contributed by atoms with van der Waals surface area (Å²) in [6.45, 7) is 4.71. The van der Waals surface area contributed by atoms with Gasteiger partial charge in [-0.05, 0) is 116 Å². The molecule has 12 rings (SSSR count). The molecule has 0 unspecified atom stereocenters. The van der Waals surface area contributed by atoms with Crippen molar-refractivity contribution in [2.75, 3.05) is 4.90 Å². The third kappa shape index (κ3) is 4.88. The molecule has 284 valence electrons. The molecule has 1 aliphatic heterocycles. The maximum Gasteiger partial charge on any atom is 0.132 e. The first-order valence-corrected chi connectivity index (χ1v) is 20.9. The van der Waals surface area contributed by atoms with Crippen molar-refractivity contribution in [2.45, 2.75) is 24.7 Å². The number of para-hydroxylation sites is 4. The van der Waals surface area contributed by atoms with Crippen molar-refractivity contribution in [3.63, 3.8) is 0 Å². The summed E-state index contributed by atoms with van der Waals surface area (Å²) < 4.78 is 6.59. The van der Waals surface area contributed by atoms with Gasteiger partial charge < -0.3 is 9.64 Å². The van der Waals surface area contributed by atoms with Crippen molar-refractivity contribution >= 4 is 17.1 Å². The molecular weight excluding hydrogens is 727 g/mol. The molecule has 0 atom stereocenters. The molecule has 0 saturated carbocycles. The van der Waals surface area contributed by atoms with Gasteiger partial charge in [-0.15, -0.1) is 0 Å². The Bertz CT molecular complexity index is 3110. The number of nitrogens with zero attached hydrogens (tertiary/aromatic N) is 1. The fourth-order valence-corrected chi connectivity index (χ4v) is 10.6. The Balaban J connectivity index is 0.978. The molecule has 0 amide bonds. The lowest BCUT2D eigenvalue weighted by Gasteiger charge is -2.39. The molecule has 9 aromatic rings. The Hall–Kier alpha value is -7.42. The molecule has 1 heterocycles. The highest BCUT2D eigenvalue weighted by molar-refractivity contribution is 5.93. The van der Waals surface area contributed by atoms with E-state index in [1.165, 1.54) is 77.9 Å². The predicted molar refractivity (Wildman–Crippen MR) is 247 cm³/mol. The number of benzene rings is 9. The summed E-state index contributed by atoms with van der Waals surface area (Å²) in [5, 5.41) is 0. The number of hydrogen-bond donors (Lipinski definition) is 0. The Morgan fingerprint density at radius 1 is 0.333 bits per heavy atom. The zero-order chi connectivity index (χ0) is 40.0. The van der Waals surface area contributed by atoms with Crippen LogP contribution in [0.3, 0.4) is 0 Å². The van der Waals surface area contributed by atoms with Crippen LogP contribution in [0, 0.1) is 0 Å². The van der Waals surface area contributed by atoms with Gasteiger partial charge >= 0.3 is 0 Å². The zero-order valence-corrected chi connectivity index (χ0v) is 33.6. The fourth-order valence-electron chi connectivity index (χ4n) is 10.6. The maximum atomic E-state index is 6.59. The van der Waals surface area contributed by atoms with Crippen LogP contribution in [0.1, 0.15) is 47.2 Å². The van der Waals surface area contributed by atoms with Crippen LogP contribution < -0.4 is 9.64 Å². The first-order valence-electron chi connectivity index (χ1n) is 20.9. The van der Waals surface area contributed by atoms with E-state index >= 15 is 0 Å². The van der Waals surface area contributed by atoms with E-state index < -0.39 is 5.41 Å². The van der Waals surface area contributed by atoms with Crippen molar-refractivity contribution in [2.24, 2.45) is 0 Å². The molecule has 2 nitrogen and oxygen atoms in total. The van der Waals surface area contributed by atoms with E-state index in [-0.39, 0.29) is 5.41 Å². The summed E-state index contributed by atoms with van der Waals surface area (Å²) in [4.78, 5) is 2.40. The lowest BCUT2D eigenvalue weighted by atomic mass is 9.66. The van der Waals surface area contributed by atoms with Crippen molar-refractivity contribution < 1.29 is 4.74 Å². The van der Waals surface area contributed by atoms with Gasteiger partial charge in [0.05, 0.1) is 11.1 Å². The van der Waals surface area contributed by atoms with Crippen LogP contribution in [0.4, 0.5) is 17.1 Å². The molecule has 0 fully saturated rings. The third-order valence-corrected chi connectivity index (χ3v) is 13.4. The highest BCUT2D eigenvalue weighted by Gasteiger charge is 2.51. The molecule has 0 saturated heterocycles. The molecule has 0 bridgehead atoms. The summed E-state index contributed by atoms with van der Waals surface area (Å²) in [6, 6.07) is 77.7. The molecule has 0 radical (unpaired) electrons. The molecule has 0 aromatic heterocycles. The predicted octanol–water partition coefficient (Wildman–Crippen LogP) is 15.3. The van der Waals surface area contributed by atoms with E-state index in [0.29, 0.717) is 0 Å². The van der Waals surface area contributed by atoms with Crippen LogP contribution in [-0.2, 0) is 10.8 Å². The smallest absolute Gasteiger partial charge is 0.132 e. The lowest BCUT2D eigenvalue weighted by molar-refractivity contribution is 0.436. The molecule has 0 N–H and O–H groups in total. The SMILES string of the molecule is CC1(C)c2ccccc2-c2ccc(-c3ccccc3N(c3ccccc3)c3ccc(-c4ccc5c(c4)C4(c6ccccc6Oc6ccccc64)c4ccccc4-5)cc3)cc21. The minimum absolute atomic E-state index is 0.0800. The molecule has 60 heavy (non-hydrogen) atoms. The molecular formula is C58H41NO. The van der Waals surface area contributed by atoms with E-state index in [1.807, 2.05) is 0 Å². The number of anilines is 3. The van der Waals surface area contributed by atoms with Gasteiger partial charge in [-0.1, -0.05) is 172 Å². The van der Waals surface area contributed by atoms with Crippen molar-refractivity contribution in [1.82, 2.24) is 0 Å². The summed E-state index contributed by atoms with van der Waals surface area (Å²) in [6.07, 6.45) is 0. The van der Waals surface area contributed by atoms with Crippen LogP contribution in [0.5, 0.6) is 11.5 Å². The summed E-state index contributed by atoms with van der Waals surface area (Å²) in [5.74, 6) is 1.81. The molecule has 9 aromatic carbocycles. The highest BCUT2D eigenvalue weighted by atomic mass is 16.5. The first kappa shape index (κ1) is 34.6. The van der Waals surface area contributed by atoms with Crippen LogP contribution in [0.15, 0.2) is 212 Å². The van der Waals surface area contributed by atoms with E-state index in [2.05, 4.69) is 231 Å². The van der Waals surface area contributed by atoms with Gasteiger partial charge in [0.15, 0.2) is 0 Å². The van der Waals surface area contributed by atoms with Crippen LogP contribution in [-0.4, -0.2) is 0 Å². The second kappa shape index (κ2) is 13.0. The van der Waals surface area contributed by atoms with Gasteiger partial charge in [0.25, 0.3) is 0 Å². The standard InChI is InChI=1S/C58H41NO/c1-57(2)48-21-9-6-19-44(48)46-35-31-40(37-52(46)57)43-18-8-13-25-54(43)59(41-16-4-3-5-17-41)42-32-28-38(29-33-42)39-30-34-47-45-20-7-10-22-49(45)58(53(47)36-39)50-23-11-14-26-55(50)60-56-27-15-12-24-51(56)58/h3-37H,1-2H3. The fraction of sp³-hybridized carbons (Fsp3) is 0.0690. The van der Waals surface area contributed by atoms with Crippen molar-refractivity contribution in [3.05, 3.63) is 246 Å². The van der Waals surface area contributed by atoms with Gasteiger partial charge in [0, 0.05) is 33.5 Å². The average molecular weight is 768 g/mol. The van der Waals surface area contributed by atoms with Gasteiger partial charge in [-0.3, -0.25) is 0 Å². The van der Waals surface area contributed by atoms with Crippen molar-refractivity contribution in [3.8, 4) is 56.0 Å². The summed E-state index contributed by atoms with van der Waals surface area (Å²) in [7, 11) is 0. The number of rotatable bonds is 5. The number of hydrogen-bond acceptors (Lipinski definition) is 2. The van der Waals surface area contributed by atoms with Gasteiger partial charge in [0.2, 0.25) is 0 Å². The Labute approximate surface area is 351 Å². The minimum Gasteiger partial charge on any atom is -0.457 e. The molecule has 1 spiro atoms. The van der Waals surface area contributed by atoms with Crippen LogP contribution in [0.2, 0.25) is 0 Å².